The maximum atomic E-state index is 11.9. The number of aliphatic hydroxyl groups excluding tert-OH is 1. The number of rotatable bonds is 6. The average molecular weight is 277 g/mol. The highest BCUT2D eigenvalue weighted by atomic mass is 16.5. The van der Waals surface area contributed by atoms with Crippen molar-refractivity contribution in [2.45, 2.75) is 20.0 Å². The normalized spacial score (nSPS) is 12.7. The summed E-state index contributed by atoms with van der Waals surface area (Å²) in [4.78, 5) is 13.4. The number of likely N-dealkylation sites (N-methyl/N-ethyl adjacent to an activating group) is 1. The van der Waals surface area contributed by atoms with Crippen LogP contribution in [0.15, 0.2) is 24.3 Å². The van der Waals surface area contributed by atoms with Gasteiger partial charge < -0.3 is 14.7 Å². The van der Waals surface area contributed by atoms with Crippen molar-refractivity contribution < 1.29 is 14.6 Å². The first-order chi connectivity index (χ1) is 9.43. The second-order valence-electron chi connectivity index (χ2n) is 5.02. The molecule has 0 saturated carbocycles. The van der Waals surface area contributed by atoms with Gasteiger partial charge in [-0.15, -0.1) is 0 Å². The fraction of sp³-hybridized carbons (Fsp3) is 0.438. The number of aryl methyl sites for hydroxylation is 2. The highest BCUT2D eigenvalue weighted by Crippen LogP contribution is 2.12. The van der Waals surface area contributed by atoms with Gasteiger partial charge in [0.2, 0.25) is 5.91 Å². The molecular formula is C16H23NO3. The van der Waals surface area contributed by atoms with Gasteiger partial charge in [-0.2, -0.15) is 0 Å². The Kier molecular flexibility index (Phi) is 6.42. The third-order valence-corrected chi connectivity index (χ3v) is 3.05. The maximum Gasteiger partial charge on any atom is 0.246 e. The Labute approximate surface area is 120 Å². The molecule has 4 nitrogen and oxygen atoms in total. The summed E-state index contributed by atoms with van der Waals surface area (Å²) >= 11 is 0. The van der Waals surface area contributed by atoms with E-state index in [-0.39, 0.29) is 19.1 Å². The molecule has 0 bridgehead atoms. The molecule has 1 aromatic rings. The van der Waals surface area contributed by atoms with Crippen LogP contribution in [0, 0.1) is 13.8 Å². The summed E-state index contributed by atoms with van der Waals surface area (Å²) < 4.78 is 4.83. The minimum Gasteiger partial charge on any atom is -0.389 e. The van der Waals surface area contributed by atoms with Gasteiger partial charge in [0.05, 0.1) is 12.7 Å². The van der Waals surface area contributed by atoms with Crippen LogP contribution in [0.3, 0.4) is 0 Å². The van der Waals surface area contributed by atoms with E-state index in [2.05, 4.69) is 6.07 Å². The molecule has 0 aliphatic carbocycles. The number of methoxy groups -OCH3 is 1. The molecule has 0 saturated heterocycles. The number of hydrogen-bond donors (Lipinski definition) is 1. The molecule has 0 aliphatic heterocycles. The lowest BCUT2D eigenvalue weighted by atomic mass is 10.1. The Balaban J connectivity index is 2.62. The van der Waals surface area contributed by atoms with Gasteiger partial charge in [-0.05, 0) is 31.1 Å². The summed E-state index contributed by atoms with van der Waals surface area (Å²) in [6.07, 6.45) is 2.66. The summed E-state index contributed by atoms with van der Waals surface area (Å²) in [7, 11) is 3.18. The minimum atomic E-state index is -0.663. The van der Waals surface area contributed by atoms with Gasteiger partial charge in [-0.3, -0.25) is 4.79 Å². The molecule has 1 N–H and O–H groups in total. The van der Waals surface area contributed by atoms with Crippen molar-refractivity contribution in [3.63, 3.8) is 0 Å². The van der Waals surface area contributed by atoms with E-state index in [1.165, 1.54) is 23.6 Å². The second-order valence-corrected chi connectivity index (χ2v) is 5.02. The predicted molar refractivity (Wildman–Crippen MR) is 80.5 cm³/mol. The topological polar surface area (TPSA) is 49.8 Å². The number of carbonyl (C=O) groups is 1. The lowest BCUT2D eigenvalue weighted by molar-refractivity contribution is -0.126. The molecule has 110 valence electrons. The quantitative estimate of drug-likeness (QED) is 0.806. The lowest BCUT2D eigenvalue weighted by Crippen LogP contribution is -2.35. The van der Waals surface area contributed by atoms with Gasteiger partial charge >= 0.3 is 0 Å². The van der Waals surface area contributed by atoms with Crippen molar-refractivity contribution >= 4 is 12.0 Å². The first kappa shape index (κ1) is 16.4. The fourth-order valence-electron chi connectivity index (χ4n) is 1.95. The molecule has 0 aromatic heterocycles. The number of benzene rings is 1. The van der Waals surface area contributed by atoms with Crippen LogP contribution >= 0.6 is 0 Å². The zero-order valence-corrected chi connectivity index (χ0v) is 12.6. The van der Waals surface area contributed by atoms with E-state index in [1.54, 1.807) is 13.1 Å². The molecule has 1 aromatic carbocycles. The van der Waals surface area contributed by atoms with E-state index < -0.39 is 6.10 Å². The van der Waals surface area contributed by atoms with Crippen LogP contribution in [-0.2, 0) is 9.53 Å². The van der Waals surface area contributed by atoms with Gasteiger partial charge in [0.15, 0.2) is 0 Å². The molecule has 0 radical (unpaired) electrons. The molecule has 1 unspecified atom stereocenters. The zero-order valence-electron chi connectivity index (χ0n) is 12.6. The van der Waals surface area contributed by atoms with Crippen LogP contribution in [0.4, 0.5) is 0 Å². The SMILES string of the molecule is COCC(O)CN(C)C(=O)C=Cc1ccc(C)cc1C. The maximum absolute atomic E-state index is 11.9. The van der Waals surface area contributed by atoms with Crippen molar-refractivity contribution in [2.75, 3.05) is 27.3 Å². The predicted octanol–water partition coefficient (Wildman–Crippen LogP) is 1.78. The van der Waals surface area contributed by atoms with Gasteiger partial charge in [0.25, 0.3) is 0 Å². The van der Waals surface area contributed by atoms with Gasteiger partial charge in [0.1, 0.15) is 0 Å². The van der Waals surface area contributed by atoms with E-state index in [4.69, 9.17) is 4.74 Å². The molecule has 4 heteroatoms. The highest BCUT2D eigenvalue weighted by Gasteiger charge is 2.11. The number of ether oxygens (including phenoxy) is 1. The Bertz CT molecular complexity index is 483. The highest BCUT2D eigenvalue weighted by molar-refractivity contribution is 5.91. The molecule has 1 amide bonds. The van der Waals surface area contributed by atoms with Crippen LogP contribution in [0.2, 0.25) is 0 Å². The van der Waals surface area contributed by atoms with E-state index in [0.29, 0.717) is 0 Å². The molecule has 1 atom stereocenters. The second kappa shape index (κ2) is 7.82. The van der Waals surface area contributed by atoms with Gasteiger partial charge in [-0.25, -0.2) is 0 Å². The largest absolute Gasteiger partial charge is 0.389 e. The molecule has 1 rings (SSSR count). The zero-order chi connectivity index (χ0) is 15.1. The number of amides is 1. The van der Waals surface area contributed by atoms with Crippen LogP contribution in [0.5, 0.6) is 0 Å². The Morgan fingerprint density at radius 2 is 2.15 bits per heavy atom. The van der Waals surface area contributed by atoms with Crippen molar-refractivity contribution in [1.82, 2.24) is 4.90 Å². The molecule has 0 fully saturated rings. The van der Waals surface area contributed by atoms with Crippen molar-refractivity contribution in [1.29, 1.82) is 0 Å². The average Bonchev–Trinajstić information content (AvgIpc) is 2.37. The van der Waals surface area contributed by atoms with Crippen LogP contribution < -0.4 is 0 Å². The Hall–Kier alpha value is -1.65. The van der Waals surface area contributed by atoms with Crippen LogP contribution in [0.25, 0.3) is 6.08 Å². The Morgan fingerprint density at radius 3 is 2.75 bits per heavy atom. The first-order valence-electron chi connectivity index (χ1n) is 6.61. The van der Waals surface area contributed by atoms with E-state index in [9.17, 15) is 9.90 Å². The summed E-state index contributed by atoms with van der Waals surface area (Å²) in [5.41, 5.74) is 3.36. The number of hydrogen-bond acceptors (Lipinski definition) is 3. The van der Waals surface area contributed by atoms with Crippen LogP contribution in [0.1, 0.15) is 16.7 Å². The molecular weight excluding hydrogens is 254 g/mol. The third kappa shape index (κ3) is 5.15. The van der Waals surface area contributed by atoms with Gasteiger partial charge in [0, 0.05) is 26.8 Å². The first-order valence-corrected chi connectivity index (χ1v) is 6.61. The lowest BCUT2D eigenvalue weighted by Gasteiger charge is -2.18. The summed E-state index contributed by atoms with van der Waals surface area (Å²) in [6.45, 7) is 4.53. The number of aliphatic hydroxyl groups is 1. The minimum absolute atomic E-state index is 0.139. The Morgan fingerprint density at radius 1 is 1.45 bits per heavy atom. The van der Waals surface area contributed by atoms with Crippen molar-refractivity contribution in [3.05, 3.63) is 41.0 Å². The monoisotopic (exact) mass is 277 g/mol. The summed E-state index contributed by atoms with van der Waals surface area (Å²) in [5.74, 6) is -0.139. The number of nitrogens with zero attached hydrogens (tertiary/aromatic N) is 1. The smallest absolute Gasteiger partial charge is 0.246 e. The molecule has 20 heavy (non-hydrogen) atoms. The van der Waals surface area contributed by atoms with Crippen LogP contribution in [-0.4, -0.2) is 49.3 Å². The molecule has 0 heterocycles. The summed E-state index contributed by atoms with van der Waals surface area (Å²) in [6, 6.07) is 6.09. The summed E-state index contributed by atoms with van der Waals surface area (Å²) in [5, 5.41) is 9.59. The van der Waals surface area contributed by atoms with E-state index >= 15 is 0 Å². The molecule has 0 spiro atoms. The fourth-order valence-corrected chi connectivity index (χ4v) is 1.95. The van der Waals surface area contributed by atoms with Crippen molar-refractivity contribution in [3.8, 4) is 0 Å². The number of carbonyl (C=O) groups excluding carboxylic acids is 1. The van der Waals surface area contributed by atoms with E-state index in [1.807, 2.05) is 26.0 Å². The van der Waals surface area contributed by atoms with Gasteiger partial charge in [-0.1, -0.05) is 23.8 Å². The molecule has 0 aliphatic rings. The van der Waals surface area contributed by atoms with E-state index in [0.717, 1.165) is 11.1 Å². The third-order valence-electron chi connectivity index (χ3n) is 3.05. The standard InChI is InChI=1S/C16H23NO3/c1-12-5-6-14(13(2)9-12)7-8-16(19)17(3)10-15(18)11-20-4/h5-9,15,18H,10-11H2,1-4H3. The van der Waals surface area contributed by atoms with Crippen molar-refractivity contribution in [2.24, 2.45) is 0 Å².